The molecular weight excluding hydrogens is 552 g/mol. The number of alkyl halides is 2. The molecule has 0 bridgehead atoms. The number of nitrogens with zero attached hydrogens (tertiary/aromatic N) is 3. The molecule has 13 heteroatoms. The summed E-state index contributed by atoms with van der Waals surface area (Å²) in [5.41, 5.74) is 7.07. The van der Waals surface area contributed by atoms with Crippen LogP contribution in [0, 0.1) is 13.8 Å². The fourth-order valence-electron chi connectivity index (χ4n) is 4.01. The predicted molar refractivity (Wildman–Crippen MR) is 143 cm³/mol. The first-order valence-electron chi connectivity index (χ1n) is 11.5. The van der Waals surface area contributed by atoms with Crippen molar-refractivity contribution in [3.8, 4) is 17.1 Å². The number of amides is 2. The minimum absolute atomic E-state index is 0.0185. The average Bonchev–Trinajstić information content (AvgIpc) is 3.66. The molecule has 0 spiro atoms. The van der Waals surface area contributed by atoms with Crippen molar-refractivity contribution < 1.29 is 27.5 Å². The number of thiophene rings is 1. The molecule has 0 radical (unpaired) electrons. The van der Waals surface area contributed by atoms with Gasteiger partial charge in [0.15, 0.2) is 12.4 Å². The maximum atomic E-state index is 13.6. The van der Waals surface area contributed by atoms with Gasteiger partial charge in [0.2, 0.25) is 0 Å². The van der Waals surface area contributed by atoms with Crippen molar-refractivity contribution in [1.82, 2.24) is 14.8 Å². The molecule has 0 unspecified atom stereocenters. The smallest absolute Gasteiger partial charge is 0.280 e. The summed E-state index contributed by atoms with van der Waals surface area (Å²) in [6.07, 6.45) is 0.0628. The van der Waals surface area contributed by atoms with Crippen molar-refractivity contribution in [3.05, 3.63) is 81.3 Å². The topological polar surface area (TPSA) is 125 Å². The van der Waals surface area contributed by atoms with Crippen LogP contribution >= 0.6 is 22.9 Å². The highest BCUT2D eigenvalue weighted by Gasteiger charge is 2.26. The van der Waals surface area contributed by atoms with Crippen LogP contribution in [0.4, 0.5) is 14.5 Å². The molecule has 1 aromatic carbocycles. The maximum absolute atomic E-state index is 13.6. The molecule has 5 aromatic rings. The molecule has 4 heterocycles. The number of anilines is 1. The van der Waals surface area contributed by atoms with Crippen LogP contribution in [0.3, 0.4) is 0 Å². The predicted octanol–water partition coefficient (Wildman–Crippen LogP) is 6.35. The number of hydrogen-bond acceptors (Lipinski definition) is 7. The number of hydrogen-bond donors (Lipinski definition) is 2. The first-order valence-corrected chi connectivity index (χ1v) is 12.7. The number of carbonyl (C=O) groups excluding carboxylic acids is 2. The van der Waals surface area contributed by atoms with E-state index in [1.54, 1.807) is 30.5 Å². The number of nitrogens with one attached hydrogen (secondary N) is 1. The number of furan rings is 1. The lowest BCUT2D eigenvalue weighted by Gasteiger charge is -2.10. The van der Waals surface area contributed by atoms with Gasteiger partial charge in [0, 0.05) is 22.2 Å². The van der Waals surface area contributed by atoms with Gasteiger partial charge in [0.1, 0.15) is 26.9 Å². The van der Waals surface area contributed by atoms with E-state index in [9.17, 15) is 18.4 Å². The number of pyridine rings is 1. The Morgan fingerprint density at radius 1 is 1.23 bits per heavy atom. The number of nitrogens with two attached hydrogens (primary N) is 1. The number of aromatic nitrogens is 3. The van der Waals surface area contributed by atoms with Crippen molar-refractivity contribution in [3.63, 3.8) is 0 Å². The van der Waals surface area contributed by atoms with Crippen molar-refractivity contribution in [2.45, 2.75) is 27.0 Å². The molecule has 0 fully saturated rings. The lowest BCUT2D eigenvalue weighted by Crippen LogP contribution is -2.17. The number of halogens is 3. The van der Waals surface area contributed by atoms with Gasteiger partial charge >= 0.3 is 0 Å². The second kappa shape index (κ2) is 10.5. The van der Waals surface area contributed by atoms with Crippen LogP contribution in [0.25, 0.3) is 21.5 Å². The zero-order valence-corrected chi connectivity index (χ0v) is 22.1. The number of ether oxygens (including phenoxy) is 1. The quantitative estimate of drug-likeness (QED) is 0.224. The molecule has 4 aromatic heterocycles. The Kier molecular flexibility index (Phi) is 7.06. The van der Waals surface area contributed by atoms with Gasteiger partial charge in [-0.25, -0.2) is 18.4 Å². The van der Waals surface area contributed by atoms with E-state index in [1.807, 2.05) is 13.8 Å². The van der Waals surface area contributed by atoms with E-state index in [2.05, 4.69) is 15.4 Å². The molecule has 0 aliphatic carbocycles. The summed E-state index contributed by atoms with van der Waals surface area (Å²) < 4.78 is 39.8. The molecule has 39 heavy (non-hydrogen) atoms. The third kappa shape index (κ3) is 5.20. The lowest BCUT2D eigenvalue weighted by molar-refractivity contribution is 0.100. The Morgan fingerprint density at radius 3 is 2.62 bits per heavy atom. The van der Waals surface area contributed by atoms with Gasteiger partial charge in [0.05, 0.1) is 12.0 Å². The second-order valence-corrected chi connectivity index (χ2v) is 9.94. The zero-order valence-electron chi connectivity index (χ0n) is 20.5. The van der Waals surface area contributed by atoms with Crippen molar-refractivity contribution >= 4 is 50.7 Å². The van der Waals surface area contributed by atoms with Gasteiger partial charge in [-0.05, 0) is 61.4 Å². The zero-order chi connectivity index (χ0) is 27.8. The molecule has 3 N–H and O–H groups in total. The second-order valence-electron chi connectivity index (χ2n) is 8.56. The van der Waals surface area contributed by atoms with Gasteiger partial charge in [-0.1, -0.05) is 11.6 Å². The fourth-order valence-corrected chi connectivity index (χ4v) is 5.13. The summed E-state index contributed by atoms with van der Waals surface area (Å²) in [4.78, 5) is 29.4. The normalized spacial score (nSPS) is 11.3. The first kappa shape index (κ1) is 26.3. The summed E-state index contributed by atoms with van der Waals surface area (Å²) in [5, 5.41) is 7.81. The summed E-state index contributed by atoms with van der Waals surface area (Å²) in [6, 6.07) is 9.38. The van der Waals surface area contributed by atoms with E-state index in [0.29, 0.717) is 10.8 Å². The number of carbonyl (C=O) groups is 2. The Hall–Kier alpha value is -4.29. The van der Waals surface area contributed by atoms with Gasteiger partial charge in [-0.3, -0.25) is 9.59 Å². The number of rotatable bonds is 8. The van der Waals surface area contributed by atoms with E-state index in [4.69, 9.17) is 26.5 Å². The highest BCUT2D eigenvalue weighted by atomic mass is 35.5. The van der Waals surface area contributed by atoms with E-state index < -0.39 is 23.9 Å². The fraction of sp³-hybridized carbons (Fsp3) is 0.154. The van der Waals surface area contributed by atoms with Gasteiger partial charge < -0.3 is 20.2 Å². The van der Waals surface area contributed by atoms with E-state index in [0.717, 1.165) is 28.5 Å². The van der Waals surface area contributed by atoms with Crippen LogP contribution in [-0.2, 0) is 6.73 Å². The highest BCUT2D eigenvalue weighted by Crippen LogP contribution is 2.42. The Morgan fingerprint density at radius 2 is 1.97 bits per heavy atom. The molecule has 0 atom stereocenters. The number of primary amides is 1. The molecule has 2 amide bonds. The largest absolute Gasteiger partial charge is 0.471 e. The Bertz CT molecular complexity index is 1690. The highest BCUT2D eigenvalue weighted by molar-refractivity contribution is 7.21. The van der Waals surface area contributed by atoms with Crippen molar-refractivity contribution in [2.24, 2.45) is 5.73 Å². The van der Waals surface area contributed by atoms with Crippen LogP contribution in [-0.4, -0.2) is 26.6 Å². The maximum Gasteiger partial charge on any atom is 0.280 e. The van der Waals surface area contributed by atoms with Crippen molar-refractivity contribution in [2.75, 3.05) is 5.32 Å². The summed E-state index contributed by atoms with van der Waals surface area (Å²) in [6.45, 7) is 3.76. The summed E-state index contributed by atoms with van der Waals surface area (Å²) >= 11 is 7.00. The monoisotopic (exact) mass is 571 g/mol. The average molecular weight is 572 g/mol. The van der Waals surface area contributed by atoms with Crippen LogP contribution < -0.4 is 15.8 Å². The molecule has 0 saturated carbocycles. The summed E-state index contributed by atoms with van der Waals surface area (Å²) in [7, 11) is 0. The van der Waals surface area contributed by atoms with Crippen molar-refractivity contribution in [1.29, 1.82) is 0 Å². The van der Waals surface area contributed by atoms with Crippen LogP contribution in [0.15, 0.2) is 53.3 Å². The summed E-state index contributed by atoms with van der Waals surface area (Å²) in [5.74, 6) is -0.669. The molecule has 5 rings (SSSR count). The molecular formula is C26H20ClF2N5O4S. The standard InChI is InChI=1S/C26H20ClF2N5O4S/c1-12-8-14(9-13(2)20(12)27)38-11-34-6-5-16(33-34)25(36)32-21-19-15(18-4-3-7-37-18)10-17(23(28)29)31-26(19)39-22(21)24(30)35/h3-10,23H,11H2,1-2H3,(H2,30,35)(H,32,36). The van der Waals surface area contributed by atoms with Gasteiger partial charge in [-0.2, -0.15) is 5.10 Å². The van der Waals surface area contributed by atoms with E-state index in [1.165, 1.54) is 17.0 Å². The van der Waals surface area contributed by atoms with E-state index >= 15 is 0 Å². The molecule has 0 saturated heterocycles. The van der Waals surface area contributed by atoms with Gasteiger partial charge in [0.25, 0.3) is 18.2 Å². The number of benzene rings is 1. The molecule has 0 aliphatic heterocycles. The Balaban J connectivity index is 1.45. The third-order valence-corrected chi connectivity index (χ3v) is 7.50. The Labute approximate surface area is 229 Å². The number of fused-ring (bicyclic) bond motifs is 1. The minimum atomic E-state index is -2.87. The first-order chi connectivity index (χ1) is 18.6. The van der Waals surface area contributed by atoms with Crippen LogP contribution in [0.1, 0.15) is 43.4 Å². The number of aryl methyl sites for hydroxylation is 2. The van der Waals surface area contributed by atoms with E-state index in [-0.39, 0.29) is 44.5 Å². The van der Waals surface area contributed by atoms with Crippen LogP contribution in [0.2, 0.25) is 5.02 Å². The molecule has 0 aliphatic rings. The lowest BCUT2D eigenvalue weighted by atomic mass is 10.1. The molecule has 200 valence electrons. The SMILES string of the molecule is Cc1cc(OCn2ccc(C(=O)Nc3c(C(N)=O)sc4nc(C(F)F)cc(-c5ccco5)c34)n2)cc(C)c1Cl. The van der Waals surface area contributed by atoms with Gasteiger partial charge in [-0.15, -0.1) is 11.3 Å². The minimum Gasteiger partial charge on any atom is -0.471 e. The molecule has 9 nitrogen and oxygen atoms in total. The third-order valence-electron chi connectivity index (χ3n) is 5.80. The van der Waals surface area contributed by atoms with Crippen LogP contribution in [0.5, 0.6) is 5.75 Å².